The van der Waals surface area contributed by atoms with Crippen LogP contribution in [-0.2, 0) is 12.8 Å². The molecule has 1 atom stereocenters. The predicted molar refractivity (Wildman–Crippen MR) is 56.1 cm³/mol. The molecule has 1 amide bonds. The average Bonchev–Trinajstić information content (AvgIpc) is 2.27. The lowest BCUT2D eigenvalue weighted by molar-refractivity contribution is 0.1000. The van der Waals surface area contributed by atoms with Crippen molar-refractivity contribution in [1.82, 2.24) is 0 Å². The number of rotatable bonds is 1. The van der Waals surface area contributed by atoms with E-state index in [0.717, 1.165) is 24.8 Å². The predicted octanol–water partition coefficient (Wildman–Crippen LogP) is 1.41. The first kappa shape index (κ1) is 9.72. The van der Waals surface area contributed by atoms with Gasteiger partial charge in [0.1, 0.15) is 0 Å². The molecule has 2 N–H and O–H groups in total. The van der Waals surface area contributed by atoms with E-state index in [1.54, 1.807) is 6.07 Å². The molecule has 0 saturated carbocycles. The quantitative estimate of drug-likeness (QED) is 0.744. The van der Waals surface area contributed by atoms with Gasteiger partial charge in [-0.1, -0.05) is 6.07 Å². The van der Waals surface area contributed by atoms with Crippen LogP contribution in [0.3, 0.4) is 0 Å². The minimum absolute atomic E-state index is 0.122. The van der Waals surface area contributed by atoms with Gasteiger partial charge in [-0.3, -0.25) is 4.79 Å². The lowest BCUT2D eigenvalue weighted by Crippen LogP contribution is -2.16. The SMILES string of the molecule is N#CC1CCc2cc(C(N)=O)ccc2C1. The number of carbonyl (C=O) groups excluding carboxylic acids is 1. The summed E-state index contributed by atoms with van der Waals surface area (Å²) in [4.78, 5) is 11.0. The highest BCUT2D eigenvalue weighted by molar-refractivity contribution is 5.93. The second-order valence-electron chi connectivity index (χ2n) is 3.92. The zero-order valence-electron chi connectivity index (χ0n) is 8.36. The molecule has 2 rings (SSSR count). The molecule has 0 bridgehead atoms. The highest BCUT2D eigenvalue weighted by atomic mass is 16.1. The monoisotopic (exact) mass is 200 g/mol. The van der Waals surface area contributed by atoms with Crippen molar-refractivity contribution in [2.45, 2.75) is 19.3 Å². The first-order chi connectivity index (χ1) is 7.20. The zero-order valence-corrected chi connectivity index (χ0v) is 8.36. The summed E-state index contributed by atoms with van der Waals surface area (Å²) in [6, 6.07) is 7.80. The first-order valence-corrected chi connectivity index (χ1v) is 5.02. The van der Waals surface area contributed by atoms with Crippen molar-refractivity contribution in [3.05, 3.63) is 34.9 Å². The normalized spacial score (nSPS) is 19.0. The second-order valence-corrected chi connectivity index (χ2v) is 3.92. The average molecular weight is 200 g/mol. The summed E-state index contributed by atoms with van der Waals surface area (Å²) in [5.41, 5.74) is 8.11. The Bertz CT molecular complexity index is 445. The number of benzene rings is 1. The summed E-state index contributed by atoms with van der Waals surface area (Å²) in [6.45, 7) is 0. The van der Waals surface area contributed by atoms with Crippen molar-refractivity contribution in [2.24, 2.45) is 11.7 Å². The van der Waals surface area contributed by atoms with Gasteiger partial charge in [-0.05, 0) is 42.5 Å². The zero-order chi connectivity index (χ0) is 10.8. The van der Waals surface area contributed by atoms with E-state index < -0.39 is 0 Å². The van der Waals surface area contributed by atoms with Gasteiger partial charge in [0.2, 0.25) is 5.91 Å². The molecule has 3 nitrogen and oxygen atoms in total. The van der Waals surface area contributed by atoms with Crippen LogP contribution >= 0.6 is 0 Å². The van der Waals surface area contributed by atoms with E-state index in [9.17, 15) is 4.79 Å². The Hall–Kier alpha value is -1.82. The maximum atomic E-state index is 11.0. The van der Waals surface area contributed by atoms with E-state index in [4.69, 9.17) is 11.0 Å². The molecule has 1 aliphatic rings. The van der Waals surface area contributed by atoms with Crippen molar-refractivity contribution < 1.29 is 4.79 Å². The third-order valence-corrected chi connectivity index (χ3v) is 2.90. The molecule has 0 saturated heterocycles. The van der Waals surface area contributed by atoms with Crippen LogP contribution in [-0.4, -0.2) is 5.91 Å². The number of nitriles is 1. The Kier molecular flexibility index (Phi) is 2.42. The van der Waals surface area contributed by atoms with Crippen LogP contribution in [0.5, 0.6) is 0 Å². The standard InChI is InChI=1S/C12H12N2O/c13-7-8-1-2-10-6-11(12(14)15)4-3-9(10)5-8/h3-4,6,8H,1-2,5H2,(H2,14,15). The molecule has 15 heavy (non-hydrogen) atoms. The summed E-state index contributed by atoms with van der Waals surface area (Å²) < 4.78 is 0. The number of aryl methyl sites for hydroxylation is 1. The van der Waals surface area contributed by atoms with Crippen LogP contribution < -0.4 is 5.73 Å². The summed E-state index contributed by atoms with van der Waals surface area (Å²) in [5, 5.41) is 8.84. The number of amides is 1. The van der Waals surface area contributed by atoms with Crippen LogP contribution in [0.1, 0.15) is 27.9 Å². The van der Waals surface area contributed by atoms with Gasteiger partial charge in [0.25, 0.3) is 0 Å². The van der Waals surface area contributed by atoms with Crippen molar-refractivity contribution in [3.8, 4) is 6.07 Å². The summed E-state index contributed by atoms with van der Waals surface area (Å²) >= 11 is 0. The molecule has 0 radical (unpaired) electrons. The topological polar surface area (TPSA) is 66.9 Å². The van der Waals surface area contributed by atoms with E-state index in [0.29, 0.717) is 5.56 Å². The van der Waals surface area contributed by atoms with Crippen molar-refractivity contribution in [3.63, 3.8) is 0 Å². The Balaban J connectivity index is 2.33. The number of hydrogen-bond acceptors (Lipinski definition) is 2. The van der Waals surface area contributed by atoms with Gasteiger partial charge in [0.15, 0.2) is 0 Å². The summed E-state index contributed by atoms with van der Waals surface area (Å²) in [5.74, 6) is -0.267. The molecule has 76 valence electrons. The van der Waals surface area contributed by atoms with Crippen LogP contribution in [0.4, 0.5) is 0 Å². The number of nitrogens with two attached hydrogens (primary N) is 1. The van der Waals surface area contributed by atoms with Crippen LogP contribution in [0, 0.1) is 17.2 Å². The van der Waals surface area contributed by atoms with E-state index in [-0.39, 0.29) is 11.8 Å². The van der Waals surface area contributed by atoms with E-state index in [2.05, 4.69) is 6.07 Å². The molecule has 0 aliphatic heterocycles. The number of fused-ring (bicyclic) bond motifs is 1. The van der Waals surface area contributed by atoms with Gasteiger partial charge in [-0.15, -0.1) is 0 Å². The van der Waals surface area contributed by atoms with E-state index >= 15 is 0 Å². The van der Waals surface area contributed by atoms with Crippen LogP contribution in [0.25, 0.3) is 0 Å². The van der Waals surface area contributed by atoms with Crippen LogP contribution in [0.15, 0.2) is 18.2 Å². The lowest BCUT2D eigenvalue weighted by atomic mass is 9.84. The fraction of sp³-hybridized carbons (Fsp3) is 0.333. The van der Waals surface area contributed by atoms with Gasteiger partial charge in [0, 0.05) is 5.56 Å². The minimum atomic E-state index is -0.389. The maximum Gasteiger partial charge on any atom is 0.248 e. The number of primary amides is 1. The second kappa shape index (κ2) is 3.74. The van der Waals surface area contributed by atoms with E-state index in [1.165, 1.54) is 5.56 Å². The third-order valence-electron chi connectivity index (χ3n) is 2.90. The Morgan fingerprint density at radius 3 is 2.93 bits per heavy atom. The number of nitrogens with zero attached hydrogens (tertiary/aromatic N) is 1. The fourth-order valence-electron chi connectivity index (χ4n) is 2.02. The first-order valence-electron chi connectivity index (χ1n) is 5.02. The number of hydrogen-bond donors (Lipinski definition) is 1. The molecular weight excluding hydrogens is 188 g/mol. The Labute approximate surface area is 88.5 Å². The molecule has 1 aromatic rings. The largest absolute Gasteiger partial charge is 0.366 e. The smallest absolute Gasteiger partial charge is 0.248 e. The van der Waals surface area contributed by atoms with Gasteiger partial charge in [-0.2, -0.15) is 5.26 Å². The van der Waals surface area contributed by atoms with Gasteiger partial charge < -0.3 is 5.73 Å². The van der Waals surface area contributed by atoms with Gasteiger partial charge in [-0.25, -0.2) is 0 Å². The van der Waals surface area contributed by atoms with Crippen molar-refractivity contribution in [2.75, 3.05) is 0 Å². The molecule has 0 aromatic heterocycles. The molecule has 0 fully saturated rings. The van der Waals surface area contributed by atoms with Crippen molar-refractivity contribution in [1.29, 1.82) is 5.26 Å². The Morgan fingerprint density at radius 2 is 2.27 bits per heavy atom. The number of carbonyl (C=O) groups is 1. The molecule has 0 spiro atoms. The molecule has 1 unspecified atom stereocenters. The highest BCUT2D eigenvalue weighted by Gasteiger charge is 2.18. The lowest BCUT2D eigenvalue weighted by Gasteiger charge is -2.19. The highest BCUT2D eigenvalue weighted by Crippen LogP contribution is 2.25. The molecule has 0 heterocycles. The minimum Gasteiger partial charge on any atom is -0.366 e. The summed E-state index contributed by atoms with van der Waals surface area (Å²) in [7, 11) is 0. The molecule has 1 aliphatic carbocycles. The maximum absolute atomic E-state index is 11.0. The van der Waals surface area contributed by atoms with Crippen molar-refractivity contribution >= 4 is 5.91 Å². The fourth-order valence-corrected chi connectivity index (χ4v) is 2.02. The van der Waals surface area contributed by atoms with Crippen LogP contribution in [0.2, 0.25) is 0 Å². The molecule has 3 heteroatoms. The summed E-state index contributed by atoms with van der Waals surface area (Å²) in [6.07, 6.45) is 2.55. The molecule has 1 aromatic carbocycles. The van der Waals surface area contributed by atoms with Gasteiger partial charge in [0.05, 0.1) is 12.0 Å². The third kappa shape index (κ3) is 1.84. The van der Waals surface area contributed by atoms with E-state index in [1.807, 2.05) is 12.1 Å². The van der Waals surface area contributed by atoms with Gasteiger partial charge >= 0.3 is 0 Å². The Morgan fingerprint density at radius 1 is 1.47 bits per heavy atom. The molecular formula is C12H12N2O.